The lowest BCUT2D eigenvalue weighted by molar-refractivity contribution is 0.273. The van der Waals surface area contributed by atoms with Gasteiger partial charge in [-0.1, -0.05) is 0 Å². The summed E-state index contributed by atoms with van der Waals surface area (Å²) < 4.78 is 25.6. The molecule has 21 heavy (non-hydrogen) atoms. The molecular weight excluding hydrogens is 288 g/mol. The van der Waals surface area contributed by atoms with E-state index in [1.165, 1.54) is 13.1 Å². The first-order chi connectivity index (χ1) is 9.77. The molecule has 120 valence electrons. The van der Waals surface area contributed by atoms with Gasteiger partial charge in [0, 0.05) is 12.6 Å². The molecule has 0 heterocycles. The minimum atomic E-state index is -3.45. The Balaban J connectivity index is 2.58. The molecule has 0 aliphatic carbocycles. The van der Waals surface area contributed by atoms with E-state index in [9.17, 15) is 8.42 Å². The highest BCUT2D eigenvalue weighted by Gasteiger charge is 2.12. The smallest absolute Gasteiger partial charge is 0.240 e. The van der Waals surface area contributed by atoms with Crippen LogP contribution in [-0.4, -0.2) is 46.5 Å². The number of hydrogen-bond acceptors (Lipinski definition) is 5. The normalized spacial score (nSPS) is 12.1. The van der Waals surface area contributed by atoms with Gasteiger partial charge in [0.05, 0.1) is 16.3 Å². The third-order valence-electron chi connectivity index (χ3n) is 3.49. The Morgan fingerprint density at radius 2 is 2.00 bits per heavy atom. The molecule has 0 fully saturated rings. The second-order valence-corrected chi connectivity index (χ2v) is 7.20. The van der Waals surface area contributed by atoms with E-state index in [4.69, 9.17) is 5.73 Å². The molecule has 1 rings (SSSR count). The quantitative estimate of drug-likeness (QED) is 0.497. The molecule has 0 atom stereocenters. The van der Waals surface area contributed by atoms with Crippen molar-refractivity contribution in [3.05, 3.63) is 18.2 Å². The summed E-state index contributed by atoms with van der Waals surface area (Å²) in [5, 5.41) is 3.24. The highest BCUT2D eigenvalue weighted by molar-refractivity contribution is 7.89. The molecule has 1 aromatic rings. The molecule has 0 saturated heterocycles. The molecule has 0 radical (unpaired) electrons. The standard InChI is InChI=1S/C14H26N4O2S/c1-11(2)18(4)9-5-8-17-14-7-6-12(10-13(14)15)21(19,20)16-3/h6-7,10-11,16-17H,5,8-9,15H2,1-4H3. The average Bonchev–Trinajstić information content (AvgIpc) is 2.44. The summed E-state index contributed by atoms with van der Waals surface area (Å²) in [6, 6.07) is 5.24. The molecule has 0 amide bonds. The number of rotatable bonds is 8. The van der Waals surface area contributed by atoms with E-state index >= 15 is 0 Å². The van der Waals surface area contributed by atoms with Crippen LogP contribution in [0.25, 0.3) is 0 Å². The van der Waals surface area contributed by atoms with E-state index < -0.39 is 10.0 Å². The SMILES string of the molecule is CNS(=O)(=O)c1ccc(NCCCN(C)C(C)C)c(N)c1. The summed E-state index contributed by atoms with van der Waals surface area (Å²) in [5.41, 5.74) is 7.09. The number of benzene rings is 1. The van der Waals surface area contributed by atoms with Crippen molar-refractivity contribution in [2.24, 2.45) is 0 Å². The van der Waals surface area contributed by atoms with Crippen molar-refractivity contribution in [1.82, 2.24) is 9.62 Å². The zero-order valence-electron chi connectivity index (χ0n) is 13.2. The Bertz CT molecular complexity index is 558. The van der Waals surface area contributed by atoms with Gasteiger partial charge in [-0.25, -0.2) is 13.1 Å². The number of nitrogens with two attached hydrogens (primary N) is 1. The molecule has 1 aromatic carbocycles. The van der Waals surface area contributed by atoms with E-state index in [-0.39, 0.29) is 4.90 Å². The first-order valence-electron chi connectivity index (χ1n) is 7.05. The summed E-state index contributed by atoms with van der Waals surface area (Å²) in [5.74, 6) is 0. The van der Waals surface area contributed by atoms with Crippen LogP contribution in [0.2, 0.25) is 0 Å². The maximum absolute atomic E-state index is 11.7. The Morgan fingerprint density at radius 1 is 1.33 bits per heavy atom. The van der Waals surface area contributed by atoms with E-state index in [0.717, 1.165) is 25.2 Å². The molecule has 7 heteroatoms. The molecule has 0 spiro atoms. The summed E-state index contributed by atoms with van der Waals surface area (Å²) in [7, 11) is 0.0237. The third-order valence-corrected chi connectivity index (χ3v) is 4.90. The molecule has 0 aliphatic heterocycles. The largest absolute Gasteiger partial charge is 0.397 e. The van der Waals surface area contributed by atoms with Crippen molar-refractivity contribution < 1.29 is 8.42 Å². The second kappa shape index (κ2) is 7.63. The van der Waals surface area contributed by atoms with Crippen molar-refractivity contribution in [2.45, 2.75) is 31.2 Å². The van der Waals surface area contributed by atoms with Crippen molar-refractivity contribution in [3.63, 3.8) is 0 Å². The molecule has 0 unspecified atom stereocenters. The van der Waals surface area contributed by atoms with Crippen LogP contribution >= 0.6 is 0 Å². The maximum atomic E-state index is 11.7. The van der Waals surface area contributed by atoms with Crippen LogP contribution in [0.4, 0.5) is 11.4 Å². The summed E-state index contributed by atoms with van der Waals surface area (Å²) >= 11 is 0. The third kappa shape index (κ3) is 5.18. The number of hydrogen-bond donors (Lipinski definition) is 3. The predicted molar refractivity (Wildman–Crippen MR) is 88.0 cm³/mol. The lowest BCUT2D eigenvalue weighted by atomic mass is 10.2. The number of sulfonamides is 1. The van der Waals surface area contributed by atoms with Gasteiger partial charge in [-0.2, -0.15) is 0 Å². The van der Waals surface area contributed by atoms with Gasteiger partial charge >= 0.3 is 0 Å². The summed E-state index contributed by atoms with van der Waals surface area (Å²) in [6.07, 6.45) is 0.991. The van der Waals surface area contributed by atoms with Gasteiger partial charge in [0.2, 0.25) is 10.0 Å². The van der Waals surface area contributed by atoms with Crippen LogP contribution in [0.5, 0.6) is 0 Å². The number of anilines is 2. The first kappa shape index (κ1) is 17.7. The number of nitrogen functional groups attached to an aromatic ring is 1. The Hall–Kier alpha value is -1.31. The van der Waals surface area contributed by atoms with Gasteiger partial charge in [-0.05, 0) is 59.1 Å². The molecule has 0 saturated carbocycles. The van der Waals surface area contributed by atoms with Crippen molar-refractivity contribution in [3.8, 4) is 0 Å². The maximum Gasteiger partial charge on any atom is 0.240 e. The second-order valence-electron chi connectivity index (χ2n) is 5.31. The van der Waals surface area contributed by atoms with Crippen LogP contribution in [0, 0.1) is 0 Å². The summed E-state index contributed by atoms with van der Waals surface area (Å²) in [6.45, 7) is 6.11. The monoisotopic (exact) mass is 314 g/mol. The molecule has 4 N–H and O–H groups in total. The van der Waals surface area contributed by atoms with Gasteiger partial charge in [0.1, 0.15) is 0 Å². The zero-order chi connectivity index (χ0) is 16.0. The minimum Gasteiger partial charge on any atom is -0.397 e. The minimum absolute atomic E-state index is 0.174. The van der Waals surface area contributed by atoms with Crippen molar-refractivity contribution in [1.29, 1.82) is 0 Å². The molecular formula is C14H26N4O2S. The van der Waals surface area contributed by atoms with Crippen LogP contribution < -0.4 is 15.8 Å². The van der Waals surface area contributed by atoms with Crippen molar-refractivity contribution >= 4 is 21.4 Å². The van der Waals surface area contributed by atoms with E-state index in [1.807, 2.05) is 0 Å². The lowest BCUT2D eigenvalue weighted by Gasteiger charge is -2.21. The predicted octanol–water partition coefficient (Wildman–Crippen LogP) is 1.32. The van der Waals surface area contributed by atoms with E-state index in [0.29, 0.717) is 11.7 Å². The first-order valence-corrected chi connectivity index (χ1v) is 8.53. The number of nitrogens with zero attached hydrogens (tertiary/aromatic N) is 1. The Kier molecular flexibility index (Phi) is 6.44. The Labute approximate surface area is 127 Å². The van der Waals surface area contributed by atoms with Gasteiger partial charge < -0.3 is 16.0 Å². The molecule has 0 bridgehead atoms. The highest BCUT2D eigenvalue weighted by atomic mass is 32.2. The average molecular weight is 314 g/mol. The van der Waals surface area contributed by atoms with Crippen LogP contribution in [0.1, 0.15) is 20.3 Å². The lowest BCUT2D eigenvalue weighted by Crippen LogP contribution is -2.28. The van der Waals surface area contributed by atoms with Crippen LogP contribution in [0.3, 0.4) is 0 Å². The van der Waals surface area contributed by atoms with E-state index in [1.54, 1.807) is 12.1 Å². The van der Waals surface area contributed by atoms with Crippen LogP contribution in [0.15, 0.2) is 23.1 Å². The molecule has 0 aromatic heterocycles. The number of nitrogens with one attached hydrogen (secondary N) is 2. The van der Waals surface area contributed by atoms with Gasteiger partial charge in [-0.3, -0.25) is 0 Å². The topological polar surface area (TPSA) is 87.5 Å². The van der Waals surface area contributed by atoms with E-state index in [2.05, 4.69) is 35.8 Å². The van der Waals surface area contributed by atoms with Crippen molar-refractivity contribution in [2.75, 3.05) is 38.2 Å². The Morgan fingerprint density at radius 3 is 2.52 bits per heavy atom. The molecule has 0 aliphatic rings. The fourth-order valence-corrected chi connectivity index (χ4v) is 2.56. The summed E-state index contributed by atoms with van der Waals surface area (Å²) in [4.78, 5) is 2.45. The fourth-order valence-electron chi connectivity index (χ4n) is 1.80. The van der Waals surface area contributed by atoms with Gasteiger partial charge in [-0.15, -0.1) is 0 Å². The van der Waals surface area contributed by atoms with Gasteiger partial charge in [0.25, 0.3) is 0 Å². The van der Waals surface area contributed by atoms with Crippen LogP contribution in [-0.2, 0) is 10.0 Å². The fraction of sp³-hybridized carbons (Fsp3) is 0.571. The highest BCUT2D eigenvalue weighted by Crippen LogP contribution is 2.22. The molecule has 6 nitrogen and oxygen atoms in total. The van der Waals surface area contributed by atoms with Gasteiger partial charge in [0.15, 0.2) is 0 Å². The zero-order valence-corrected chi connectivity index (χ0v) is 14.0.